The highest BCUT2D eigenvalue weighted by Gasteiger charge is 2.52. The van der Waals surface area contributed by atoms with Crippen LogP contribution in [0.15, 0.2) is 42.5 Å². The lowest BCUT2D eigenvalue weighted by Gasteiger charge is -2.31. The van der Waals surface area contributed by atoms with Crippen LogP contribution >= 0.6 is 34.8 Å². The molecule has 0 N–H and O–H groups in total. The smallest absolute Gasteiger partial charge is 0.272 e. The van der Waals surface area contributed by atoms with Gasteiger partial charge >= 0.3 is 0 Å². The topological polar surface area (TPSA) is 57.7 Å². The van der Waals surface area contributed by atoms with Gasteiger partial charge in [0, 0.05) is 0 Å². The maximum atomic E-state index is 13.5. The molecule has 0 bridgehead atoms. The fraction of sp³-hybridized carbons (Fsp3) is 0.348. The molecule has 0 unspecified atom stereocenters. The molecule has 0 aromatic heterocycles. The maximum Gasteiger partial charge on any atom is 0.274 e. The number of carbonyl (C=O) groups is 3. The van der Waals surface area contributed by atoms with Crippen molar-refractivity contribution in [1.29, 1.82) is 0 Å². The third-order valence-corrected chi connectivity index (χ3v) is 7.13. The minimum absolute atomic E-state index is 0.0204. The van der Waals surface area contributed by atoms with Gasteiger partial charge in [-0.25, -0.2) is 5.01 Å². The lowest BCUT2D eigenvalue weighted by Crippen LogP contribution is -2.49. The summed E-state index contributed by atoms with van der Waals surface area (Å²) in [5.41, 5.74) is 0.853. The van der Waals surface area contributed by atoms with Gasteiger partial charge in [-0.05, 0) is 55.0 Å². The molecule has 2 aromatic carbocycles. The first kappa shape index (κ1) is 22.1. The Kier molecular flexibility index (Phi) is 6.29. The summed E-state index contributed by atoms with van der Waals surface area (Å²) in [5.74, 6) is -1.61. The highest BCUT2D eigenvalue weighted by Crippen LogP contribution is 2.41. The molecule has 1 saturated carbocycles. The average Bonchev–Trinajstić information content (AvgIpc) is 2.98. The zero-order valence-corrected chi connectivity index (χ0v) is 19.1. The Morgan fingerprint density at radius 2 is 1.68 bits per heavy atom. The van der Waals surface area contributed by atoms with Crippen molar-refractivity contribution in [3.63, 3.8) is 0 Å². The average molecular weight is 480 g/mol. The first-order chi connectivity index (χ1) is 14.8. The van der Waals surface area contributed by atoms with Crippen molar-refractivity contribution in [3.05, 3.63) is 68.7 Å². The summed E-state index contributed by atoms with van der Waals surface area (Å²) in [5, 5.41) is 3.17. The Labute approximate surface area is 195 Å². The Morgan fingerprint density at radius 1 is 0.968 bits per heavy atom. The fourth-order valence-corrected chi connectivity index (χ4v) is 4.97. The number of halogens is 3. The first-order valence-corrected chi connectivity index (χ1v) is 11.3. The van der Waals surface area contributed by atoms with Crippen LogP contribution in [0.4, 0.5) is 0 Å². The van der Waals surface area contributed by atoms with Gasteiger partial charge < -0.3 is 0 Å². The Morgan fingerprint density at radius 3 is 2.39 bits per heavy atom. The molecule has 8 heteroatoms. The van der Waals surface area contributed by atoms with Gasteiger partial charge in [0.1, 0.15) is 0 Å². The minimum Gasteiger partial charge on any atom is -0.272 e. The monoisotopic (exact) mass is 478 g/mol. The number of carbonyl (C=O) groups excluding carboxylic acids is 3. The van der Waals surface area contributed by atoms with Gasteiger partial charge in [0.2, 0.25) is 0 Å². The summed E-state index contributed by atoms with van der Waals surface area (Å²) in [6.07, 6.45) is 2.18. The molecule has 0 spiro atoms. The molecule has 0 radical (unpaired) electrons. The number of fused-ring (bicyclic) bond motifs is 1. The van der Waals surface area contributed by atoms with Crippen LogP contribution in [0.3, 0.4) is 0 Å². The van der Waals surface area contributed by atoms with Gasteiger partial charge in [-0.2, -0.15) is 5.01 Å². The molecule has 5 nitrogen and oxygen atoms in total. The highest BCUT2D eigenvalue weighted by atomic mass is 35.5. The standard InChI is InChI=1S/C23H21Cl3N2O3/c1-13-6-8-15-17(10-13)23(31)28(22(15)30)27(12-14-7-9-19(25)20(26)11-14)21(29)16-4-2-3-5-18(16)24/h2-5,7,9,11,13,15,17H,6,8,10,12H2,1H3/t13-,15-,17+/m1/s1. The van der Waals surface area contributed by atoms with E-state index in [1.165, 1.54) is 5.01 Å². The number of imide groups is 1. The van der Waals surface area contributed by atoms with Crippen molar-refractivity contribution in [2.75, 3.05) is 0 Å². The molecule has 4 rings (SSSR count). The lowest BCUT2D eigenvalue weighted by molar-refractivity contribution is -0.155. The predicted molar refractivity (Wildman–Crippen MR) is 120 cm³/mol. The second-order valence-corrected chi connectivity index (χ2v) is 9.43. The lowest BCUT2D eigenvalue weighted by atomic mass is 9.76. The second-order valence-electron chi connectivity index (χ2n) is 8.21. The molecule has 3 amide bonds. The number of amides is 3. The van der Waals surface area contributed by atoms with E-state index < -0.39 is 11.8 Å². The van der Waals surface area contributed by atoms with Gasteiger partial charge in [0.15, 0.2) is 0 Å². The molecule has 162 valence electrons. The molecule has 1 aliphatic carbocycles. The number of hydrazine groups is 1. The number of benzene rings is 2. The largest absolute Gasteiger partial charge is 0.274 e. The molecule has 1 aliphatic heterocycles. The molecule has 1 heterocycles. The van der Waals surface area contributed by atoms with Crippen LogP contribution in [0.5, 0.6) is 0 Å². The Balaban J connectivity index is 1.74. The van der Waals surface area contributed by atoms with Crippen LogP contribution < -0.4 is 0 Å². The number of rotatable bonds is 4. The summed E-state index contributed by atoms with van der Waals surface area (Å²) in [4.78, 5) is 40.1. The van der Waals surface area contributed by atoms with Crippen molar-refractivity contribution >= 4 is 52.5 Å². The van der Waals surface area contributed by atoms with Gasteiger partial charge in [-0.15, -0.1) is 0 Å². The highest BCUT2D eigenvalue weighted by molar-refractivity contribution is 6.42. The van der Waals surface area contributed by atoms with E-state index in [1.54, 1.807) is 42.5 Å². The summed E-state index contributed by atoms with van der Waals surface area (Å²) in [6.45, 7) is 2.06. The van der Waals surface area contributed by atoms with Crippen molar-refractivity contribution in [1.82, 2.24) is 10.0 Å². The number of hydrogen-bond donors (Lipinski definition) is 0. The van der Waals surface area contributed by atoms with E-state index in [2.05, 4.69) is 6.92 Å². The molecular weight excluding hydrogens is 459 g/mol. The van der Waals surface area contributed by atoms with Crippen molar-refractivity contribution in [2.45, 2.75) is 32.7 Å². The predicted octanol–water partition coefficient (Wildman–Crippen LogP) is 5.63. The van der Waals surface area contributed by atoms with E-state index in [1.807, 2.05) is 0 Å². The summed E-state index contributed by atoms with van der Waals surface area (Å²) in [6, 6.07) is 11.5. The maximum absolute atomic E-state index is 13.5. The van der Waals surface area contributed by atoms with Crippen molar-refractivity contribution in [3.8, 4) is 0 Å². The van der Waals surface area contributed by atoms with Crippen molar-refractivity contribution in [2.24, 2.45) is 17.8 Å². The summed E-state index contributed by atoms with van der Waals surface area (Å²) in [7, 11) is 0. The summed E-state index contributed by atoms with van der Waals surface area (Å²) < 4.78 is 0. The number of hydrogen-bond acceptors (Lipinski definition) is 3. The van der Waals surface area contributed by atoms with E-state index in [0.29, 0.717) is 34.4 Å². The van der Waals surface area contributed by atoms with Crippen LogP contribution in [0.2, 0.25) is 15.1 Å². The van der Waals surface area contributed by atoms with Crippen molar-refractivity contribution < 1.29 is 14.4 Å². The molecule has 3 atom stereocenters. The van der Waals surface area contributed by atoms with Gasteiger partial charge in [-0.1, -0.05) is 59.9 Å². The minimum atomic E-state index is -0.523. The normalized spacial score (nSPS) is 23.1. The third kappa shape index (κ3) is 4.19. The van der Waals surface area contributed by atoms with Crippen LogP contribution in [0.1, 0.15) is 42.1 Å². The van der Waals surface area contributed by atoms with Crippen LogP contribution in [-0.2, 0) is 16.1 Å². The second kappa shape index (κ2) is 8.81. The Bertz CT molecular complexity index is 1060. The summed E-state index contributed by atoms with van der Waals surface area (Å²) >= 11 is 18.4. The Hall–Kier alpha value is -2.08. The van der Waals surface area contributed by atoms with Gasteiger partial charge in [0.25, 0.3) is 17.7 Å². The van der Waals surface area contributed by atoms with E-state index in [4.69, 9.17) is 34.8 Å². The zero-order valence-electron chi connectivity index (χ0n) is 16.9. The first-order valence-electron chi connectivity index (χ1n) is 10.2. The molecule has 2 fully saturated rings. The third-order valence-electron chi connectivity index (χ3n) is 6.06. The van der Waals surface area contributed by atoms with Gasteiger partial charge in [-0.3, -0.25) is 14.4 Å². The SMILES string of the molecule is C[C@@H]1CC[C@H]2C(=O)N(N(Cc3ccc(Cl)c(Cl)c3)C(=O)c3ccccc3Cl)C(=O)[C@H]2C1. The van der Waals surface area contributed by atoms with E-state index in [9.17, 15) is 14.4 Å². The molecule has 31 heavy (non-hydrogen) atoms. The van der Waals surface area contributed by atoms with Crippen LogP contribution in [-0.4, -0.2) is 27.7 Å². The zero-order chi connectivity index (χ0) is 22.3. The van der Waals surface area contributed by atoms with E-state index in [0.717, 1.165) is 11.4 Å². The number of nitrogens with zero attached hydrogens (tertiary/aromatic N) is 2. The van der Waals surface area contributed by atoms with Gasteiger partial charge in [0.05, 0.1) is 39.0 Å². The van der Waals surface area contributed by atoms with E-state index >= 15 is 0 Å². The molecule has 2 aromatic rings. The molecule has 2 aliphatic rings. The van der Waals surface area contributed by atoms with Crippen LogP contribution in [0.25, 0.3) is 0 Å². The van der Waals surface area contributed by atoms with Crippen LogP contribution in [0, 0.1) is 17.8 Å². The van der Waals surface area contributed by atoms with E-state index in [-0.39, 0.29) is 34.9 Å². The fourth-order valence-electron chi connectivity index (χ4n) is 4.43. The molecular formula is C23H21Cl3N2O3. The quantitative estimate of drug-likeness (QED) is 0.534. The molecule has 1 saturated heterocycles.